The number of rotatable bonds is 3. The first kappa shape index (κ1) is 15.3. The number of fused-ring (bicyclic) bond motifs is 3. The second-order valence-corrected chi connectivity index (χ2v) is 8.16. The lowest BCUT2D eigenvalue weighted by molar-refractivity contribution is -0.120. The topological polar surface area (TPSA) is 54.5 Å². The van der Waals surface area contributed by atoms with E-state index < -0.39 is 0 Å². The van der Waals surface area contributed by atoms with Gasteiger partial charge in [-0.2, -0.15) is 0 Å². The van der Waals surface area contributed by atoms with Crippen LogP contribution >= 0.6 is 11.3 Å². The molecule has 2 bridgehead atoms. The Balaban J connectivity index is 1.33. The van der Waals surface area contributed by atoms with Crippen LogP contribution in [0.1, 0.15) is 12.8 Å². The van der Waals surface area contributed by atoms with Crippen LogP contribution in [0.15, 0.2) is 30.4 Å². The van der Waals surface area contributed by atoms with Crippen LogP contribution in [-0.4, -0.2) is 37.2 Å². The number of morpholine rings is 1. The Morgan fingerprint density at radius 3 is 2.88 bits per heavy atom. The molecule has 2 fully saturated rings. The van der Waals surface area contributed by atoms with Gasteiger partial charge in [-0.25, -0.2) is 4.98 Å². The van der Waals surface area contributed by atoms with E-state index in [0.29, 0.717) is 11.8 Å². The minimum absolute atomic E-state index is 0.135. The summed E-state index contributed by atoms with van der Waals surface area (Å²) in [6.07, 6.45) is 6.64. The maximum atomic E-state index is 12.6. The Morgan fingerprint density at radius 1 is 1.24 bits per heavy atom. The standard InChI is InChI=1S/C19H21N3O2S/c23-18(15-10-12-1-2-13(15)9-12)20-14-3-4-16-17(11-14)25-19(21-16)22-5-7-24-8-6-22/h1-4,11-13,15H,5-10H2,(H,20,23). The number of allylic oxidation sites excluding steroid dienone is 2. The number of benzene rings is 1. The predicted octanol–water partition coefficient (Wildman–Crippen LogP) is 3.28. The van der Waals surface area contributed by atoms with Crippen LogP contribution in [0.2, 0.25) is 0 Å². The second kappa shape index (κ2) is 6.11. The number of ether oxygens (including phenoxy) is 1. The molecule has 1 amide bonds. The minimum Gasteiger partial charge on any atom is -0.378 e. The largest absolute Gasteiger partial charge is 0.378 e. The summed E-state index contributed by atoms with van der Waals surface area (Å²) >= 11 is 1.69. The first-order chi connectivity index (χ1) is 12.3. The molecular weight excluding hydrogens is 334 g/mol. The van der Waals surface area contributed by atoms with E-state index in [4.69, 9.17) is 9.72 Å². The normalized spacial score (nSPS) is 28.0. The fourth-order valence-corrected chi connectivity index (χ4v) is 5.25. The van der Waals surface area contributed by atoms with Gasteiger partial charge in [0.25, 0.3) is 0 Å². The highest BCUT2D eigenvalue weighted by Crippen LogP contribution is 2.44. The van der Waals surface area contributed by atoms with Gasteiger partial charge in [-0.3, -0.25) is 4.79 Å². The molecule has 1 N–H and O–H groups in total. The summed E-state index contributed by atoms with van der Waals surface area (Å²) in [7, 11) is 0. The number of aromatic nitrogens is 1. The molecule has 3 unspecified atom stereocenters. The van der Waals surface area contributed by atoms with Crippen LogP contribution in [0.4, 0.5) is 10.8 Å². The molecule has 1 aliphatic heterocycles. The zero-order valence-corrected chi connectivity index (χ0v) is 14.8. The second-order valence-electron chi connectivity index (χ2n) is 7.15. The van der Waals surface area contributed by atoms with Gasteiger partial charge in [0, 0.05) is 24.7 Å². The number of nitrogens with one attached hydrogen (secondary N) is 1. The first-order valence-electron chi connectivity index (χ1n) is 8.99. The quantitative estimate of drug-likeness (QED) is 0.859. The van der Waals surface area contributed by atoms with Gasteiger partial charge in [0.15, 0.2) is 5.13 Å². The molecule has 1 aromatic heterocycles. The van der Waals surface area contributed by atoms with Gasteiger partial charge >= 0.3 is 0 Å². The number of thiazole rings is 1. The van der Waals surface area contributed by atoms with Gasteiger partial charge < -0.3 is 15.0 Å². The van der Waals surface area contributed by atoms with Gasteiger partial charge in [-0.1, -0.05) is 23.5 Å². The van der Waals surface area contributed by atoms with Crippen molar-refractivity contribution < 1.29 is 9.53 Å². The van der Waals surface area contributed by atoms with Crippen molar-refractivity contribution in [1.82, 2.24) is 4.98 Å². The highest BCUT2D eigenvalue weighted by molar-refractivity contribution is 7.22. The third-order valence-corrected chi connectivity index (χ3v) is 6.62. The van der Waals surface area contributed by atoms with E-state index in [-0.39, 0.29) is 11.8 Å². The van der Waals surface area contributed by atoms with E-state index in [1.54, 1.807) is 11.3 Å². The molecular formula is C19H21N3O2S. The van der Waals surface area contributed by atoms with E-state index in [0.717, 1.165) is 60.2 Å². The molecule has 130 valence electrons. The van der Waals surface area contributed by atoms with Crippen molar-refractivity contribution in [2.75, 3.05) is 36.5 Å². The number of hydrogen-bond acceptors (Lipinski definition) is 5. The molecule has 5 nitrogen and oxygen atoms in total. The number of carbonyl (C=O) groups is 1. The zero-order chi connectivity index (χ0) is 16.8. The van der Waals surface area contributed by atoms with Gasteiger partial charge in [0.2, 0.25) is 5.91 Å². The van der Waals surface area contributed by atoms with E-state index in [9.17, 15) is 4.79 Å². The molecule has 5 rings (SSSR count). The van der Waals surface area contributed by atoms with Gasteiger partial charge in [0.05, 0.1) is 23.4 Å². The molecule has 1 saturated carbocycles. The molecule has 1 aromatic carbocycles. The maximum Gasteiger partial charge on any atom is 0.228 e. The third-order valence-electron chi connectivity index (χ3n) is 5.54. The van der Waals surface area contributed by atoms with Crippen molar-refractivity contribution in [2.24, 2.45) is 17.8 Å². The summed E-state index contributed by atoms with van der Waals surface area (Å²) in [5.74, 6) is 1.34. The van der Waals surface area contributed by atoms with Crippen molar-refractivity contribution in [2.45, 2.75) is 12.8 Å². The molecule has 25 heavy (non-hydrogen) atoms. The molecule has 3 aliphatic rings. The van der Waals surface area contributed by atoms with Crippen molar-refractivity contribution in [3.8, 4) is 0 Å². The summed E-state index contributed by atoms with van der Waals surface area (Å²) in [6, 6.07) is 6.02. The SMILES string of the molecule is O=C(Nc1ccc2nc(N3CCOCC3)sc2c1)C1CC2C=CC1C2. The van der Waals surface area contributed by atoms with Gasteiger partial charge in [-0.15, -0.1) is 0 Å². The molecule has 6 heteroatoms. The average molecular weight is 355 g/mol. The van der Waals surface area contributed by atoms with E-state index in [1.807, 2.05) is 12.1 Å². The summed E-state index contributed by atoms with van der Waals surface area (Å²) in [4.78, 5) is 19.6. The summed E-state index contributed by atoms with van der Waals surface area (Å²) < 4.78 is 6.53. The molecule has 0 spiro atoms. The van der Waals surface area contributed by atoms with Gasteiger partial charge in [-0.05, 0) is 42.9 Å². The van der Waals surface area contributed by atoms with Crippen LogP contribution in [0.25, 0.3) is 10.2 Å². The number of anilines is 2. The molecule has 3 atom stereocenters. The van der Waals surface area contributed by atoms with E-state index in [1.165, 1.54) is 0 Å². The maximum absolute atomic E-state index is 12.6. The lowest BCUT2D eigenvalue weighted by Crippen LogP contribution is -2.36. The number of nitrogens with zero attached hydrogens (tertiary/aromatic N) is 2. The van der Waals surface area contributed by atoms with E-state index in [2.05, 4.69) is 28.4 Å². The molecule has 2 aromatic rings. The van der Waals surface area contributed by atoms with Crippen LogP contribution < -0.4 is 10.2 Å². The predicted molar refractivity (Wildman–Crippen MR) is 100 cm³/mol. The highest BCUT2D eigenvalue weighted by Gasteiger charge is 2.39. The number of hydrogen-bond donors (Lipinski definition) is 1. The highest BCUT2D eigenvalue weighted by atomic mass is 32.1. The van der Waals surface area contributed by atoms with Crippen LogP contribution in [0.3, 0.4) is 0 Å². The Labute approximate surface area is 150 Å². The van der Waals surface area contributed by atoms with Crippen molar-refractivity contribution in [3.63, 3.8) is 0 Å². The summed E-state index contributed by atoms with van der Waals surface area (Å²) in [5.41, 5.74) is 1.87. The molecule has 2 aliphatic carbocycles. The Morgan fingerprint density at radius 2 is 2.12 bits per heavy atom. The lowest BCUT2D eigenvalue weighted by Gasteiger charge is -2.25. The summed E-state index contributed by atoms with van der Waals surface area (Å²) in [5, 5.41) is 4.16. The van der Waals surface area contributed by atoms with Gasteiger partial charge in [0.1, 0.15) is 0 Å². The molecule has 2 heterocycles. The monoisotopic (exact) mass is 355 g/mol. The third kappa shape index (κ3) is 2.83. The Bertz CT molecular complexity index is 840. The first-order valence-corrected chi connectivity index (χ1v) is 9.80. The molecule has 0 radical (unpaired) electrons. The fraction of sp³-hybridized carbons (Fsp3) is 0.474. The fourth-order valence-electron chi connectivity index (χ4n) is 4.20. The lowest BCUT2D eigenvalue weighted by atomic mass is 9.93. The van der Waals surface area contributed by atoms with Crippen LogP contribution in [0.5, 0.6) is 0 Å². The van der Waals surface area contributed by atoms with Crippen molar-refractivity contribution >= 4 is 38.3 Å². The zero-order valence-electron chi connectivity index (χ0n) is 14.0. The van der Waals surface area contributed by atoms with Crippen LogP contribution in [0, 0.1) is 17.8 Å². The number of amides is 1. The average Bonchev–Trinajstić information content (AvgIpc) is 3.37. The summed E-state index contributed by atoms with van der Waals surface area (Å²) in [6.45, 7) is 3.30. The Hall–Kier alpha value is -1.92. The van der Waals surface area contributed by atoms with E-state index >= 15 is 0 Å². The molecule has 1 saturated heterocycles. The Kier molecular flexibility index (Phi) is 3.75. The number of carbonyl (C=O) groups excluding carboxylic acids is 1. The van der Waals surface area contributed by atoms with Crippen molar-refractivity contribution in [1.29, 1.82) is 0 Å². The van der Waals surface area contributed by atoms with Crippen molar-refractivity contribution in [3.05, 3.63) is 30.4 Å². The minimum atomic E-state index is 0.135. The van der Waals surface area contributed by atoms with Crippen LogP contribution in [-0.2, 0) is 9.53 Å². The smallest absolute Gasteiger partial charge is 0.228 e.